The first-order valence-corrected chi connectivity index (χ1v) is 16.6. The first kappa shape index (κ1) is 28.7. The van der Waals surface area contributed by atoms with Crippen molar-refractivity contribution in [3.63, 3.8) is 0 Å². The van der Waals surface area contributed by atoms with E-state index in [4.69, 9.17) is 11.6 Å². The van der Waals surface area contributed by atoms with Crippen LogP contribution < -0.4 is 14.9 Å². The quantitative estimate of drug-likeness (QED) is 0.448. The molecule has 2 atom stereocenters. The highest BCUT2D eigenvalue weighted by Gasteiger charge is 2.48. The topological polar surface area (TPSA) is 98.8 Å². The molecule has 8 nitrogen and oxygen atoms in total. The van der Waals surface area contributed by atoms with Crippen molar-refractivity contribution in [2.24, 2.45) is 0 Å². The standard InChI is InChI=1S/C32H35ClN4O4S/c1-42(40,41)37-21-32(26-8-4-5-9-29(26)37)14-16-36(17-15-32)31(39)28(18-22-10-12-25(33)13-11-22)35-30(38)27-19-23-6-2-3-7-24(23)20-34-27/h2-13,27-28,34H,14-21H2,1H3,(H,35,38)/t27-,28-/m0/s1. The average Bonchev–Trinajstić information content (AvgIpc) is 3.32. The van der Waals surface area contributed by atoms with Gasteiger partial charge in [0.2, 0.25) is 21.8 Å². The maximum atomic E-state index is 14.0. The molecule has 0 aliphatic carbocycles. The van der Waals surface area contributed by atoms with Gasteiger partial charge >= 0.3 is 0 Å². The molecule has 0 aromatic heterocycles. The van der Waals surface area contributed by atoms with E-state index in [0.29, 0.717) is 56.9 Å². The molecule has 3 heterocycles. The largest absolute Gasteiger partial charge is 0.343 e. The number of likely N-dealkylation sites (tertiary alicyclic amines) is 1. The van der Waals surface area contributed by atoms with E-state index < -0.39 is 22.1 Å². The third-order valence-corrected chi connectivity index (χ3v) is 10.4. The van der Waals surface area contributed by atoms with Crippen LogP contribution in [0.25, 0.3) is 0 Å². The summed E-state index contributed by atoms with van der Waals surface area (Å²) in [6.07, 6.45) is 3.43. The number of nitrogens with zero attached hydrogens (tertiary/aromatic N) is 2. The molecular weight excluding hydrogens is 572 g/mol. The molecule has 3 aliphatic rings. The van der Waals surface area contributed by atoms with Crippen LogP contribution in [0.1, 0.15) is 35.1 Å². The molecular formula is C32H35ClN4O4S. The number of hydrogen-bond donors (Lipinski definition) is 2. The zero-order chi connectivity index (χ0) is 29.5. The fourth-order valence-corrected chi connectivity index (χ4v) is 7.78. The number of benzene rings is 3. The Hall–Kier alpha value is -3.40. The minimum atomic E-state index is -3.43. The van der Waals surface area contributed by atoms with Crippen molar-refractivity contribution in [1.82, 2.24) is 15.5 Å². The van der Waals surface area contributed by atoms with Crippen LogP contribution in [0.15, 0.2) is 72.8 Å². The molecule has 2 amide bonds. The number of piperidine rings is 1. The zero-order valence-corrected chi connectivity index (χ0v) is 25.1. The Morgan fingerprint density at radius 2 is 1.67 bits per heavy atom. The van der Waals surface area contributed by atoms with E-state index in [1.165, 1.54) is 16.1 Å². The highest BCUT2D eigenvalue weighted by molar-refractivity contribution is 7.92. The molecule has 6 rings (SSSR count). The van der Waals surface area contributed by atoms with Crippen molar-refractivity contribution in [3.8, 4) is 0 Å². The minimum absolute atomic E-state index is 0.129. The van der Waals surface area contributed by atoms with Crippen molar-refractivity contribution >= 4 is 39.1 Å². The van der Waals surface area contributed by atoms with Gasteiger partial charge in [-0.25, -0.2) is 8.42 Å². The fraction of sp³-hybridized carbons (Fsp3) is 0.375. The number of fused-ring (bicyclic) bond motifs is 3. The molecule has 10 heteroatoms. The molecule has 1 fully saturated rings. The van der Waals surface area contributed by atoms with Gasteiger partial charge in [0.05, 0.1) is 18.0 Å². The van der Waals surface area contributed by atoms with Crippen LogP contribution in [0, 0.1) is 0 Å². The summed E-state index contributed by atoms with van der Waals surface area (Å²) in [6, 6.07) is 21.9. The molecule has 0 bridgehead atoms. The van der Waals surface area contributed by atoms with Gasteiger partial charge in [-0.3, -0.25) is 13.9 Å². The summed E-state index contributed by atoms with van der Waals surface area (Å²) < 4.78 is 26.7. The lowest BCUT2D eigenvalue weighted by atomic mass is 9.74. The minimum Gasteiger partial charge on any atom is -0.343 e. The summed E-state index contributed by atoms with van der Waals surface area (Å²) in [4.78, 5) is 29.3. The number of hydrogen-bond acceptors (Lipinski definition) is 5. The summed E-state index contributed by atoms with van der Waals surface area (Å²) in [5.74, 6) is -0.325. The predicted octanol–water partition coefficient (Wildman–Crippen LogP) is 3.42. The number of halogens is 1. The highest BCUT2D eigenvalue weighted by Crippen LogP contribution is 2.47. The summed E-state index contributed by atoms with van der Waals surface area (Å²) in [5, 5.41) is 7.00. The summed E-state index contributed by atoms with van der Waals surface area (Å²) in [6.45, 7) is 1.94. The van der Waals surface area contributed by atoms with E-state index in [-0.39, 0.29) is 17.2 Å². The summed E-state index contributed by atoms with van der Waals surface area (Å²) in [5.41, 5.74) is 4.64. The molecule has 3 aromatic carbocycles. The molecule has 3 aliphatic heterocycles. The van der Waals surface area contributed by atoms with Crippen molar-refractivity contribution in [3.05, 3.63) is 100 Å². The van der Waals surface area contributed by atoms with Gasteiger partial charge in [0, 0.05) is 43.0 Å². The van der Waals surface area contributed by atoms with E-state index in [0.717, 1.165) is 22.4 Å². The zero-order valence-electron chi connectivity index (χ0n) is 23.6. The second-order valence-electron chi connectivity index (χ2n) is 11.7. The van der Waals surface area contributed by atoms with Crippen LogP contribution in [0.4, 0.5) is 5.69 Å². The molecule has 3 aromatic rings. The molecule has 2 N–H and O–H groups in total. The van der Waals surface area contributed by atoms with Gasteiger partial charge in [-0.2, -0.15) is 0 Å². The molecule has 0 radical (unpaired) electrons. The van der Waals surface area contributed by atoms with Gasteiger partial charge in [0.15, 0.2) is 0 Å². The van der Waals surface area contributed by atoms with E-state index in [9.17, 15) is 18.0 Å². The van der Waals surface area contributed by atoms with Gasteiger partial charge in [-0.05, 0) is 59.7 Å². The monoisotopic (exact) mass is 606 g/mol. The van der Waals surface area contributed by atoms with Crippen molar-refractivity contribution in [2.75, 3.05) is 30.2 Å². The molecule has 1 saturated heterocycles. The highest BCUT2D eigenvalue weighted by atomic mass is 35.5. The van der Waals surface area contributed by atoms with Crippen molar-refractivity contribution in [1.29, 1.82) is 0 Å². The Morgan fingerprint density at radius 3 is 2.38 bits per heavy atom. The lowest BCUT2D eigenvalue weighted by molar-refractivity contribution is -0.138. The van der Waals surface area contributed by atoms with Crippen molar-refractivity contribution < 1.29 is 18.0 Å². The first-order valence-electron chi connectivity index (χ1n) is 14.3. The van der Waals surface area contributed by atoms with Crippen LogP contribution in [0.5, 0.6) is 0 Å². The van der Waals surface area contributed by atoms with E-state index in [1.807, 2.05) is 59.5 Å². The average molecular weight is 607 g/mol. The Kier molecular flexibility index (Phi) is 7.76. The SMILES string of the molecule is CS(=O)(=O)N1CC2(CCN(C(=O)[C@H](Cc3ccc(Cl)cc3)NC(=O)[C@@H]3Cc4ccccc4CN3)CC2)c2ccccc21. The Morgan fingerprint density at radius 1 is 1.00 bits per heavy atom. The number of anilines is 1. The van der Waals surface area contributed by atoms with E-state index >= 15 is 0 Å². The molecule has 42 heavy (non-hydrogen) atoms. The van der Waals surface area contributed by atoms with Gasteiger partial charge in [0.1, 0.15) is 6.04 Å². The van der Waals surface area contributed by atoms with E-state index in [1.54, 1.807) is 12.1 Å². The normalized spacial score (nSPS) is 20.1. The molecule has 220 valence electrons. The fourth-order valence-electron chi connectivity index (χ4n) is 6.65. The van der Waals surface area contributed by atoms with Crippen LogP contribution in [0.2, 0.25) is 5.02 Å². The number of carbonyl (C=O) groups is 2. The molecule has 1 spiro atoms. The maximum Gasteiger partial charge on any atom is 0.245 e. The van der Waals surface area contributed by atoms with Crippen LogP contribution in [-0.4, -0.2) is 63.1 Å². The summed E-state index contributed by atoms with van der Waals surface area (Å²) >= 11 is 6.10. The smallest absolute Gasteiger partial charge is 0.245 e. The van der Waals surface area contributed by atoms with Gasteiger partial charge in [-0.1, -0.05) is 66.2 Å². The van der Waals surface area contributed by atoms with Crippen molar-refractivity contribution in [2.45, 2.75) is 49.7 Å². The lowest BCUT2D eigenvalue weighted by Crippen LogP contribution is -2.57. The number of rotatable bonds is 6. The Bertz CT molecular complexity index is 1600. The van der Waals surface area contributed by atoms with Gasteiger partial charge in [0.25, 0.3) is 0 Å². The number of carbonyl (C=O) groups excluding carboxylic acids is 2. The lowest BCUT2D eigenvalue weighted by Gasteiger charge is -2.41. The van der Waals surface area contributed by atoms with E-state index in [2.05, 4.69) is 16.7 Å². The maximum absolute atomic E-state index is 14.0. The number of nitrogens with one attached hydrogen (secondary N) is 2. The Balaban J connectivity index is 1.19. The van der Waals surface area contributed by atoms with Crippen LogP contribution in [0.3, 0.4) is 0 Å². The molecule has 0 unspecified atom stereocenters. The first-order chi connectivity index (χ1) is 20.1. The summed E-state index contributed by atoms with van der Waals surface area (Å²) in [7, 11) is -3.43. The third kappa shape index (κ3) is 5.65. The predicted molar refractivity (Wildman–Crippen MR) is 164 cm³/mol. The number of para-hydroxylation sites is 1. The van der Waals surface area contributed by atoms with Crippen LogP contribution in [-0.2, 0) is 44.4 Å². The van der Waals surface area contributed by atoms with Crippen LogP contribution >= 0.6 is 11.6 Å². The second-order valence-corrected chi connectivity index (χ2v) is 14.0. The second kappa shape index (κ2) is 11.4. The molecule has 0 saturated carbocycles. The Labute approximate surface area is 252 Å². The number of sulfonamides is 1. The van der Waals surface area contributed by atoms with Gasteiger partial charge in [-0.15, -0.1) is 0 Å². The van der Waals surface area contributed by atoms with Gasteiger partial charge < -0.3 is 15.5 Å². The third-order valence-electron chi connectivity index (χ3n) is 8.99. The number of amides is 2.